The molecule has 1 aromatic rings. The van der Waals surface area contributed by atoms with Crippen molar-refractivity contribution in [2.75, 3.05) is 11.5 Å². The molecule has 0 aromatic heterocycles. The van der Waals surface area contributed by atoms with Crippen molar-refractivity contribution in [2.45, 2.75) is 4.90 Å². The molecule has 0 aliphatic heterocycles. The average molecular weight is 260 g/mol. The van der Waals surface area contributed by atoms with Gasteiger partial charge in [0.2, 0.25) is 10.0 Å². The van der Waals surface area contributed by atoms with Gasteiger partial charge in [0.1, 0.15) is 17.4 Å². The first kappa shape index (κ1) is 13.0. The molecule has 0 fully saturated rings. The summed E-state index contributed by atoms with van der Waals surface area (Å²) in [5.74, 6) is -0.626. The Labute approximate surface area is 97.3 Å². The summed E-state index contributed by atoms with van der Waals surface area (Å²) < 4.78 is 34.5. The fourth-order valence-corrected chi connectivity index (χ4v) is 2.95. The van der Waals surface area contributed by atoms with Gasteiger partial charge in [-0.05, 0) is 12.1 Å². The maximum atomic E-state index is 13.1. The second-order valence-electron chi connectivity index (χ2n) is 2.94. The zero-order valence-electron chi connectivity index (χ0n) is 8.18. The molecule has 1 rings (SSSR count). The van der Waals surface area contributed by atoms with Crippen LogP contribution in [0.5, 0.6) is 0 Å². The highest BCUT2D eigenvalue weighted by Gasteiger charge is 2.09. The van der Waals surface area contributed by atoms with E-state index in [9.17, 15) is 12.8 Å². The van der Waals surface area contributed by atoms with Crippen LogP contribution in [0.2, 0.25) is 0 Å². The molecule has 2 N–H and O–H groups in total. The van der Waals surface area contributed by atoms with E-state index < -0.39 is 15.8 Å². The molecule has 0 heterocycles. The van der Waals surface area contributed by atoms with E-state index in [1.165, 1.54) is 12.1 Å². The minimum Gasteiger partial charge on any atom is -0.229 e. The molecule has 0 atom stereocenters. The maximum absolute atomic E-state index is 13.1. The fourth-order valence-electron chi connectivity index (χ4n) is 1.00. The molecule has 0 unspecified atom stereocenters. The van der Waals surface area contributed by atoms with Crippen LogP contribution in [0.4, 0.5) is 4.39 Å². The van der Waals surface area contributed by atoms with E-state index in [2.05, 4.69) is 0 Å². The summed E-state index contributed by atoms with van der Waals surface area (Å²) >= 11 is 1.09. The molecule has 0 saturated heterocycles. The molecule has 0 amide bonds. The number of hydrogen-bond donors (Lipinski definition) is 1. The summed E-state index contributed by atoms with van der Waals surface area (Å²) in [6.07, 6.45) is 0. The highest BCUT2D eigenvalue weighted by Crippen LogP contribution is 2.24. The van der Waals surface area contributed by atoms with Gasteiger partial charge in [0.25, 0.3) is 0 Å². The van der Waals surface area contributed by atoms with Gasteiger partial charge in [-0.2, -0.15) is 5.26 Å². The van der Waals surface area contributed by atoms with Gasteiger partial charge in [0.05, 0.1) is 5.75 Å². The fraction of sp³-hybridized carbons (Fsp3) is 0.222. The third-order valence-electron chi connectivity index (χ3n) is 1.71. The van der Waals surface area contributed by atoms with Crippen molar-refractivity contribution in [3.8, 4) is 6.07 Å². The molecule has 0 bridgehead atoms. The van der Waals surface area contributed by atoms with Gasteiger partial charge in [-0.25, -0.2) is 17.9 Å². The maximum Gasteiger partial charge on any atom is 0.209 e. The van der Waals surface area contributed by atoms with E-state index in [1.54, 1.807) is 12.1 Å². The number of nitriles is 1. The Kier molecular flexibility index (Phi) is 4.29. The second kappa shape index (κ2) is 5.30. The van der Waals surface area contributed by atoms with E-state index in [0.29, 0.717) is 4.90 Å². The Morgan fingerprint density at radius 3 is 2.75 bits per heavy atom. The minimum atomic E-state index is -3.52. The molecule has 1 aromatic carbocycles. The lowest BCUT2D eigenvalue weighted by Crippen LogP contribution is -2.17. The molecule has 0 aliphatic rings. The number of nitrogens with zero attached hydrogens (tertiary/aromatic N) is 1. The smallest absolute Gasteiger partial charge is 0.209 e. The SMILES string of the molecule is N#Cc1c(F)cccc1SCCS(N)(=O)=O. The van der Waals surface area contributed by atoms with Gasteiger partial charge in [-0.3, -0.25) is 0 Å². The van der Waals surface area contributed by atoms with Gasteiger partial charge in [0, 0.05) is 10.6 Å². The predicted molar refractivity (Wildman–Crippen MR) is 59.8 cm³/mol. The summed E-state index contributed by atoms with van der Waals surface area (Å²) in [6, 6.07) is 5.95. The third kappa shape index (κ3) is 3.81. The van der Waals surface area contributed by atoms with Crippen LogP contribution in [-0.2, 0) is 10.0 Å². The number of nitrogens with two attached hydrogens (primary N) is 1. The second-order valence-corrected chi connectivity index (χ2v) is 5.81. The van der Waals surface area contributed by atoms with Crippen molar-refractivity contribution >= 4 is 21.8 Å². The highest BCUT2D eigenvalue weighted by molar-refractivity contribution is 8.00. The highest BCUT2D eigenvalue weighted by atomic mass is 32.2. The summed E-state index contributed by atoms with van der Waals surface area (Å²) in [4.78, 5) is 0.422. The first-order chi connectivity index (χ1) is 7.44. The largest absolute Gasteiger partial charge is 0.229 e. The van der Waals surface area contributed by atoms with Crippen LogP contribution < -0.4 is 5.14 Å². The van der Waals surface area contributed by atoms with E-state index in [1.807, 2.05) is 0 Å². The van der Waals surface area contributed by atoms with Crippen LogP contribution in [0.1, 0.15) is 5.56 Å². The summed E-state index contributed by atoms with van der Waals surface area (Å²) in [7, 11) is -3.52. The Morgan fingerprint density at radius 2 is 2.19 bits per heavy atom. The zero-order chi connectivity index (χ0) is 12.2. The molecule has 86 valence electrons. The van der Waals surface area contributed by atoms with Crippen molar-refractivity contribution in [3.63, 3.8) is 0 Å². The first-order valence-electron chi connectivity index (χ1n) is 4.26. The van der Waals surface area contributed by atoms with E-state index in [-0.39, 0.29) is 17.1 Å². The van der Waals surface area contributed by atoms with Crippen molar-refractivity contribution in [1.29, 1.82) is 5.26 Å². The van der Waals surface area contributed by atoms with Crippen LogP contribution >= 0.6 is 11.8 Å². The van der Waals surface area contributed by atoms with Crippen molar-refractivity contribution < 1.29 is 12.8 Å². The molecule has 0 aliphatic carbocycles. The lowest BCUT2D eigenvalue weighted by atomic mass is 10.2. The number of benzene rings is 1. The van der Waals surface area contributed by atoms with E-state index >= 15 is 0 Å². The molecule has 0 saturated carbocycles. The average Bonchev–Trinajstić information content (AvgIpc) is 2.16. The molecular weight excluding hydrogens is 251 g/mol. The van der Waals surface area contributed by atoms with Gasteiger partial charge in [0.15, 0.2) is 0 Å². The summed E-state index contributed by atoms with van der Waals surface area (Å²) in [5.41, 5.74) is -0.0677. The lowest BCUT2D eigenvalue weighted by Gasteiger charge is -2.03. The standard InChI is InChI=1S/C9H9FN2O2S2/c10-8-2-1-3-9(7(8)6-11)15-4-5-16(12,13)14/h1-3H,4-5H2,(H2,12,13,14). The van der Waals surface area contributed by atoms with Gasteiger partial charge < -0.3 is 0 Å². The Balaban J connectivity index is 2.76. The van der Waals surface area contributed by atoms with Crippen LogP contribution in [0.25, 0.3) is 0 Å². The molecule has 7 heteroatoms. The molecule has 16 heavy (non-hydrogen) atoms. The molecule has 4 nitrogen and oxygen atoms in total. The van der Waals surface area contributed by atoms with Crippen molar-refractivity contribution in [1.82, 2.24) is 0 Å². The topological polar surface area (TPSA) is 83.9 Å². The lowest BCUT2D eigenvalue weighted by molar-refractivity contribution is 0.599. The number of rotatable bonds is 4. The number of primary sulfonamides is 1. The van der Waals surface area contributed by atoms with Crippen LogP contribution in [-0.4, -0.2) is 19.9 Å². The Morgan fingerprint density at radius 1 is 1.50 bits per heavy atom. The van der Waals surface area contributed by atoms with Crippen LogP contribution in [0, 0.1) is 17.1 Å². The van der Waals surface area contributed by atoms with Gasteiger partial charge >= 0.3 is 0 Å². The predicted octanol–water partition coefficient (Wildman–Crippen LogP) is 1.08. The van der Waals surface area contributed by atoms with Crippen molar-refractivity contribution in [2.24, 2.45) is 5.14 Å². The molecular formula is C9H9FN2O2S2. The Hall–Kier alpha value is -1.10. The molecule has 0 spiro atoms. The van der Waals surface area contributed by atoms with Crippen molar-refractivity contribution in [3.05, 3.63) is 29.6 Å². The van der Waals surface area contributed by atoms with E-state index in [0.717, 1.165) is 11.8 Å². The quantitative estimate of drug-likeness (QED) is 0.821. The van der Waals surface area contributed by atoms with Crippen LogP contribution in [0.3, 0.4) is 0 Å². The first-order valence-corrected chi connectivity index (χ1v) is 6.96. The number of sulfonamides is 1. The number of halogens is 1. The zero-order valence-corrected chi connectivity index (χ0v) is 9.81. The number of thioether (sulfide) groups is 1. The van der Waals surface area contributed by atoms with Gasteiger partial charge in [-0.15, -0.1) is 11.8 Å². The molecule has 0 radical (unpaired) electrons. The number of hydrogen-bond acceptors (Lipinski definition) is 4. The summed E-state index contributed by atoms with van der Waals surface area (Å²) in [5, 5.41) is 13.5. The third-order valence-corrected chi connectivity index (χ3v) is 3.80. The monoisotopic (exact) mass is 260 g/mol. The van der Waals surface area contributed by atoms with E-state index in [4.69, 9.17) is 10.4 Å². The minimum absolute atomic E-state index is 0.0677. The van der Waals surface area contributed by atoms with Crippen LogP contribution in [0.15, 0.2) is 23.1 Å². The Bertz CT molecular complexity index is 523. The van der Waals surface area contributed by atoms with Gasteiger partial charge in [-0.1, -0.05) is 6.07 Å². The summed E-state index contributed by atoms with van der Waals surface area (Å²) in [6.45, 7) is 0. The normalized spacial score (nSPS) is 11.1.